The predicted octanol–water partition coefficient (Wildman–Crippen LogP) is 2.86. The van der Waals surface area contributed by atoms with Crippen LogP contribution in [0, 0.1) is 0 Å². The van der Waals surface area contributed by atoms with E-state index >= 15 is 0 Å². The lowest BCUT2D eigenvalue weighted by atomic mass is 9.85. The number of carbonyl (C=O) groups excluding carboxylic acids is 1. The Hall–Kier alpha value is -2.89. The Balaban J connectivity index is 2.23. The van der Waals surface area contributed by atoms with Crippen LogP contribution in [0.2, 0.25) is 0 Å². The molecular weight excluding hydrogens is 312 g/mol. The summed E-state index contributed by atoms with van der Waals surface area (Å²) < 4.78 is 21.7. The molecule has 0 unspecified atom stereocenters. The van der Waals surface area contributed by atoms with E-state index < -0.39 is 0 Å². The standard InChI is InChI=1S/C18H18O6/c1-21-14-9-13-16(18(23-3)17(14)22-2)12(8-15(20)24-13)10-4-6-11(19)7-5-10/h4-7,9,12,19H,8H2,1-3H3/t12-/m1/s1. The van der Waals surface area contributed by atoms with Crippen LogP contribution in [-0.4, -0.2) is 32.4 Å². The van der Waals surface area contributed by atoms with Gasteiger partial charge >= 0.3 is 5.97 Å². The van der Waals surface area contributed by atoms with E-state index in [0.29, 0.717) is 23.0 Å². The Bertz CT molecular complexity index is 766. The number of carbonyl (C=O) groups is 1. The molecule has 0 aromatic heterocycles. The number of phenols is 1. The molecule has 1 aliphatic heterocycles. The van der Waals surface area contributed by atoms with Crippen molar-refractivity contribution in [3.05, 3.63) is 41.5 Å². The van der Waals surface area contributed by atoms with E-state index in [1.54, 1.807) is 30.3 Å². The first-order valence-corrected chi connectivity index (χ1v) is 7.41. The first-order valence-electron chi connectivity index (χ1n) is 7.41. The number of phenolic OH excluding ortho intramolecular Hbond substituents is 1. The van der Waals surface area contributed by atoms with Gasteiger partial charge in [-0.3, -0.25) is 4.79 Å². The van der Waals surface area contributed by atoms with Crippen molar-refractivity contribution in [1.82, 2.24) is 0 Å². The highest BCUT2D eigenvalue weighted by atomic mass is 16.5. The van der Waals surface area contributed by atoms with Crippen LogP contribution < -0.4 is 18.9 Å². The van der Waals surface area contributed by atoms with Crippen LogP contribution in [0.1, 0.15) is 23.5 Å². The van der Waals surface area contributed by atoms with Gasteiger partial charge in [-0.05, 0) is 17.7 Å². The van der Waals surface area contributed by atoms with Gasteiger partial charge in [0, 0.05) is 17.5 Å². The Morgan fingerprint density at radius 3 is 2.29 bits per heavy atom. The van der Waals surface area contributed by atoms with Gasteiger partial charge in [0.15, 0.2) is 11.5 Å². The van der Waals surface area contributed by atoms with Crippen LogP contribution in [0.4, 0.5) is 0 Å². The predicted molar refractivity (Wildman–Crippen MR) is 86.3 cm³/mol. The van der Waals surface area contributed by atoms with Gasteiger partial charge in [0.2, 0.25) is 5.75 Å². The van der Waals surface area contributed by atoms with E-state index in [4.69, 9.17) is 18.9 Å². The first kappa shape index (κ1) is 16.0. The fraction of sp³-hybridized carbons (Fsp3) is 0.278. The maximum Gasteiger partial charge on any atom is 0.312 e. The number of methoxy groups -OCH3 is 3. The van der Waals surface area contributed by atoms with Crippen molar-refractivity contribution in [2.24, 2.45) is 0 Å². The Labute approximate surface area is 139 Å². The van der Waals surface area contributed by atoms with Gasteiger partial charge in [-0.1, -0.05) is 12.1 Å². The number of ether oxygens (including phenoxy) is 4. The lowest BCUT2D eigenvalue weighted by Crippen LogP contribution is -2.22. The van der Waals surface area contributed by atoms with E-state index in [-0.39, 0.29) is 24.1 Å². The summed E-state index contributed by atoms with van der Waals surface area (Å²) in [5, 5.41) is 9.50. The summed E-state index contributed by atoms with van der Waals surface area (Å²) in [6, 6.07) is 8.35. The minimum Gasteiger partial charge on any atom is -0.508 e. The number of aromatic hydroxyl groups is 1. The van der Waals surface area contributed by atoms with Crippen molar-refractivity contribution in [1.29, 1.82) is 0 Å². The molecule has 1 N–H and O–H groups in total. The van der Waals surface area contributed by atoms with E-state index in [0.717, 1.165) is 11.1 Å². The fourth-order valence-electron chi connectivity index (χ4n) is 2.99. The maximum atomic E-state index is 12.0. The molecule has 0 bridgehead atoms. The van der Waals surface area contributed by atoms with Crippen molar-refractivity contribution in [2.75, 3.05) is 21.3 Å². The van der Waals surface area contributed by atoms with Crippen molar-refractivity contribution >= 4 is 5.97 Å². The van der Waals surface area contributed by atoms with Gasteiger partial charge in [-0.2, -0.15) is 0 Å². The Kier molecular flexibility index (Phi) is 4.20. The van der Waals surface area contributed by atoms with Crippen LogP contribution in [0.25, 0.3) is 0 Å². The molecule has 2 aromatic carbocycles. The summed E-state index contributed by atoms with van der Waals surface area (Å²) in [5.74, 6) is 1.28. The quantitative estimate of drug-likeness (QED) is 0.686. The molecule has 6 heteroatoms. The van der Waals surface area contributed by atoms with Gasteiger partial charge in [0.05, 0.1) is 27.8 Å². The summed E-state index contributed by atoms with van der Waals surface area (Å²) in [7, 11) is 4.56. The summed E-state index contributed by atoms with van der Waals surface area (Å²) in [6.45, 7) is 0. The number of esters is 1. The maximum absolute atomic E-state index is 12.0. The minimum absolute atomic E-state index is 0.164. The molecule has 1 aliphatic rings. The molecule has 6 nitrogen and oxygen atoms in total. The number of fused-ring (bicyclic) bond motifs is 1. The minimum atomic E-state index is -0.338. The van der Waals surface area contributed by atoms with Crippen molar-refractivity contribution in [2.45, 2.75) is 12.3 Å². The fourth-order valence-corrected chi connectivity index (χ4v) is 2.99. The van der Waals surface area contributed by atoms with Gasteiger partial charge in [0.25, 0.3) is 0 Å². The molecule has 0 saturated heterocycles. The highest BCUT2D eigenvalue weighted by Crippen LogP contribution is 2.52. The molecule has 3 rings (SSSR count). The zero-order chi connectivity index (χ0) is 17.3. The molecule has 0 amide bonds. The van der Waals surface area contributed by atoms with Crippen molar-refractivity contribution in [3.63, 3.8) is 0 Å². The topological polar surface area (TPSA) is 74.2 Å². The molecule has 126 valence electrons. The molecular formula is C18H18O6. The molecule has 2 aromatic rings. The molecule has 0 radical (unpaired) electrons. The van der Waals surface area contributed by atoms with Gasteiger partial charge < -0.3 is 24.1 Å². The molecule has 1 atom stereocenters. The largest absolute Gasteiger partial charge is 0.508 e. The second kappa shape index (κ2) is 6.31. The molecule has 0 saturated carbocycles. The third-order valence-corrected chi connectivity index (χ3v) is 4.07. The highest BCUT2D eigenvalue weighted by molar-refractivity contribution is 5.80. The van der Waals surface area contributed by atoms with Gasteiger partial charge in [-0.25, -0.2) is 0 Å². The average molecular weight is 330 g/mol. The van der Waals surface area contributed by atoms with Gasteiger partial charge in [-0.15, -0.1) is 0 Å². The average Bonchev–Trinajstić information content (AvgIpc) is 2.59. The zero-order valence-corrected chi connectivity index (χ0v) is 13.7. The van der Waals surface area contributed by atoms with Crippen LogP contribution in [0.5, 0.6) is 28.7 Å². The normalized spacial score (nSPS) is 16.1. The summed E-state index contributed by atoms with van der Waals surface area (Å²) in [5.41, 5.74) is 1.59. The lowest BCUT2D eigenvalue weighted by Gasteiger charge is -2.28. The molecule has 0 spiro atoms. The SMILES string of the molecule is COc1cc2c(c(OC)c1OC)[C@@H](c1ccc(O)cc1)CC(=O)O2. The third-order valence-electron chi connectivity index (χ3n) is 4.07. The zero-order valence-electron chi connectivity index (χ0n) is 13.7. The number of hydrogen-bond acceptors (Lipinski definition) is 6. The summed E-state index contributed by atoms with van der Waals surface area (Å²) >= 11 is 0. The smallest absolute Gasteiger partial charge is 0.312 e. The molecule has 1 heterocycles. The first-order chi connectivity index (χ1) is 11.6. The molecule has 0 aliphatic carbocycles. The summed E-state index contributed by atoms with van der Waals surface area (Å²) in [4.78, 5) is 12.0. The van der Waals surface area contributed by atoms with Crippen LogP contribution >= 0.6 is 0 Å². The highest BCUT2D eigenvalue weighted by Gasteiger charge is 2.35. The van der Waals surface area contributed by atoms with E-state index in [1.807, 2.05) is 0 Å². The Morgan fingerprint density at radius 1 is 1.04 bits per heavy atom. The Morgan fingerprint density at radius 2 is 1.71 bits per heavy atom. The second-order valence-corrected chi connectivity index (χ2v) is 5.38. The second-order valence-electron chi connectivity index (χ2n) is 5.38. The van der Waals surface area contributed by atoms with Gasteiger partial charge in [0.1, 0.15) is 11.5 Å². The number of hydrogen-bond donors (Lipinski definition) is 1. The van der Waals surface area contributed by atoms with E-state index in [2.05, 4.69) is 0 Å². The third kappa shape index (κ3) is 2.60. The van der Waals surface area contributed by atoms with Crippen molar-refractivity contribution in [3.8, 4) is 28.7 Å². The molecule has 0 fully saturated rings. The van der Waals surface area contributed by atoms with Crippen LogP contribution in [0.3, 0.4) is 0 Å². The van der Waals surface area contributed by atoms with E-state index in [9.17, 15) is 9.90 Å². The number of benzene rings is 2. The van der Waals surface area contributed by atoms with Crippen molar-refractivity contribution < 1.29 is 28.8 Å². The molecule has 24 heavy (non-hydrogen) atoms. The number of rotatable bonds is 4. The van der Waals surface area contributed by atoms with Crippen LogP contribution in [0.15, 0.2) is 30.3 Å². The summed E-state index contributed by atoms with van der Waals surface area (Å²) in [6.07, 6.45) is 0.170. The van der Waals surface area contributed by atoms with E-state index in [1.165, 1.54) is 21.3 Å². The lowest BCUT2D eigenvalue weighted by molar-refractivity contribution is -0.135. The monoisotopic (exact) mass is 330 g/mol. The van der Waals surface area contributed by atoms with Crippen LogP contribution in [-0.2, 0) is 4.79 Å².